The molecule has 29 heavy (non-hydrogen) atoms. The molecule has 0 radical (unpaired) electrons. The highest BCUT2D eigenvalue weighted by Gasteiger charge is 2.41. The Morgan fingerprint density at radius 3 is 2.21 bits per heavy atom. The number of allylic oxidation sites excluding steroid dienone is 2. The van der Waals surface area contributed by atoms with E-state index in [1.807, 2.05) is 0 Å². The molecule has 0 N–H and O–H groups in total. The van der Waals surface area contributed by atoms with Crippen molar-refractivity contribution < 1.29 is 9.21 Å². The zero-order valence-corrected chi connectivity index (χ0v) is 16.3. The van der Waals surface area contributed by atoms with Crippen LogP contribution in [-0.4, -0.2) is 10.5 Å². The lowest BCUT2D eigenvalue weighted by Crippen LogP contribution is -2.31. The van der Waals surface area contributed by atoms with Crippen molar-refractivity contribution in [3.05, 3.63) is 81.4 Å². The van der Waals surface area contributed by atoms with Gasteiger partial charge in [0.1, 0.15) is 5.52 Å². The van der Waals surface area contributed by atoms with Gasteiger partial charge in [-0.2, -0.15) is 0 Å². The largest absolute Gasteiger partial charge is 0.426 e. The minimum absolute atomic E-state index is 0.0839. The summed E-state index contributed by atoms with van der Waals surface area (Å²) in [6.07, 6.45) is 9.58. The molecule has 1 aromatic heterocycles. The van der Waals surface area contributed by atoms with Crippen molar-refractivity contribution in [1.82, 2.24) is 4.57 Å². The Balaban J connectivity index is 1.50. The molecule has 1 saturated carbocycles. The van der Waals surface area contributed by atoms with Gasteiger partial charge in [-0.1, -0.05) is 48.6 Å². The minimum Gasteiger partial charge on any atom is -0.407 e. The summed E-state index contributed by atoms with van der Waals surface area (Å²) in [4.78, 5) is 26.3. The third-order valence-corrected chi connectivity index (χ3v) is 7.10. The van der Waals surface area contributed by atoms with Gasteiger partial charge in [-0.05, 0) is 72.6 Å². The van der Waals surface area contributed by atoms with Gasteiger partial charge in [0.15, 0.2) is 5.58 Å². The Bertz CT molecular complexity index is 1210. The fraction of sp³-hybridized carbons (Fsp3) is 0.360. The molecule has 6 bridgehead atoms. The van der Waals surface area contributed by atoms with E-state index in [0.29, 0.717) is 17.0 Å². The number of nitrogens with zero attached hydrogens (tertiary/aromatic N) is 1. The molecule has 9 rings (SSSR count). The van der Waals surface area contributed by atoms with Crippen LogP contribution in [0.3, 0.4) is 0 Å². The van der Waals surface area contributed by atoms with Gasteiger partial charge in [0.05, 0.1) is 0 Å². The summed E-state index contributed by atoms with van der Waals surface area (Å²) in [5, 5.41) is 0. The Morgan fingerprint density at radius 2 is 1.55 bits per heavy atom. The number of carbonyl (C=O) groups is 1. The van der Waals surface area contributed by atoms with Crippen LogP contribution in [-0.2, 0) is 25.7 Å². The van der Waals surface area contributed by atoms with Crippen molar-refractivity contribution in [3.8, 4) is 0 Å². The monoisotopic (exact) mass is 385 g/mol. The molecular formula is C25H23NO3. The zero-order valence-electron chi connectivity index (χ0n) is 16.3. The summed E-state index contributed by atoms with van der Waals surface area (Å²) >= 11 is 0. The van der Waals surface area contributed by atoms with Crippen LogP contribution >= 0.6 is 0 Å². The molecular weight excluding hydrogens is 362 g/mol. The van der Waals surface area contributed by atoms with Gasteiger partial charge in [0.2, 0.25) is 5.91 Å². The smallest absolute Gasteiger partial charge is 0.407 e. The summed E-state index contributed by atoms with van der Waals surface area (Å²) in [6, 6.07) is 12.9. The van der Waals surface area contributed by atoms with Crippen molar-refractivity contribution in [3.63, 3.8) is 0 Å². The maximum Gasteiger partial charge on any atom is 0.426 e. The Hall–Kier alpha value is -2.88. The van der Waals surface area contributed by atoms with E-state index in [1.165, 1.54) is 15.7 Å². The van der Waals surface area contributed by atoms with E-state index in [0.717, 1.165) is 49.7 Å². The number of carbonyl (C=O) groups excluding carboxylic acids is 1. The van der Waals surface area contributed by atoms with Gasteiger partial charge in [-0.15, -0.1) is 0 Å². The number of aromatic nitrogens is 1. The molecule has 1 fully saturated rings. The molecule has 3 aromatic rings. The number of oxazole rings is 1. The lowest BCUT2D eigenvalue weighted by molar-refractivity contribution is 0.0810. The first-order valence-electron chi connectivity index (χ1n) is 10.6. The fourth-order valence-corrected chi connectivity index (χ4v) is 5.50. The van der Waals surface area contributed by atoms with Gasteiger partial charge in [0.25, 0.3) is 0 Å². The van der Waals surface area contributed by atoms with Crippen LogP contribution in [0.2, 0.25) is 0 Å². The SMILES string of the molecule is O=C([C@@H]1C[C@H]2C=C[C@@H]1C2)n1c(=O)oc2c3ccc(c21)CCc1ccc(cc1)CC3. The molecule has 0 spiro atoms. The summed E-state index contributed by atoms with van der Waals surface area (Å²) in [6.45, 7) is 0. The molecule has 6 aliphatic rings. The summed E-state index contributed by atoms with van der Waals surface area (Å²) < 4.78 is 7.09. The summed E-state index contributed by atoms with van der Waals surface area (Å²) in [7, 11) is 0. The summed E-state index contributed by atoms with van der Waals surface area (Å²) in [5.41, 5.74) is 5.89. The van der Waals surface area contributed by atoms with Crippen LogP contribution in [0.1, 0.15) is 39.9 Å². The molecule has 0 aliphatic heterocycles. The first-order valence-corrected chi connectivity index (χ1v) is 10.6. The highest BCUT2D eigenvalue weighted by molar-refractivity contribution is 5.93. The zero-order chi connectivity index (χ0) is 19.5. The molecule has 0 saturated heterocycles. The van der Waals surface area contributed by atoms with Crippen molar-refractivity contribution in [2.45, 2.75) is 38.5 Å². The fourth-order valence-electron chi connectivity index (χ4n) is 5.50. The predicted octanol–water partition coefficient (Wildman–Crippen LogP) is 4.33. The van der Waals surface area contributed by atoms with Crippen molar-refractivity contribution in [2.24, 2.45) is 17.8 Å². The van der Waals surface area contributed by atoms with Crippen LogP contribution in [0.5, 0.6) is 0 Å². The topological polar surface area (TPSA) is 52.2 Å². The first kappa shape index (κ1) is 17.0. The maximum atomic E-state index is 13.5. The average Bonchev–Trinajstić information content (AvgIpc) is 3.43. The second kappa shape index (κ2) is 6.31. The number of rotatable bonds is 1. The van der Waals surface area contributed by atoms with E-state index in [4.69, 9.17) is 4.42 Å². The van der Waals surface area contributed by atoms with Crippen LogP contribution < -0.4 is 5.76 Å². The van der Waals surface area contributed by atoms with E-state index in [2.05, 4.69) is 48.6 Å². The number of benzene rings is 2. The molecule has 2 aromatic carbocycles. The number of aryl methyl sites for hydroxylation is 4. The standard InChI is InChI=1S/C25H23NO3/c27-24(21-14-17-7-10-20(21)13-17)26-22-18-8-5-15-1-3-16(4-2-15)6-9-19(12-11-18)23(22)29-25(26)28/h1-4,7,10-12,17,20-21H,5-6,8-9,13-14H2/t17-,20+,21+/m0/s1. The van der Waals surface area contributed by atoms with Gasteiger partial charge in [-0.25, -0.2) is 9.36 Å². The molecule has 1 heterocycles. The summed E-state index contributed by atoms with van der Waals surface area (Å²) in [5.74, 6) is 0.0304. The molecule has 4 heteroatoms. The lowest BCUT2D eigenvalue weighted by Gasteiger charge is -2.17. The molecule has 6 aliphatic carbocycles. The van der Waals surface area contributed by atoms with Gasteiger partial charge >= 0.3 is 5.76 Å². The minimum atomic E-state index is -0.528. The average molecular weight is 385 g/mol. The second-order valence-electron chi connectivity index (χ2n) is 8.81. The highest BCUT2D eigenvalue weighted by atomic mass is 16.4. The molecule has 0 unspecified atom stereocenters. The number of hydrogen-bond acceptors (Lipinski definition) is 3. The molecule has 0 amide bonds. The maximum absolute atomic E-state index is 13.5. The van der Waals surface area contributed by atoms with E-state index in [-0.39, 0.29) is 17.7 Å². The van der Waals surface area contributed by atoms with Crippen molar-refractivity contribution in [1.29, 1.82) is 0 Å². The van der Waals surface area contributed by atoms with E-state index in [9.17, 15) is 9.59 Å². The Labute approximate surface area is 168 Å². The van der Waals surface area contributed by atoms with Gasteiger partial charge in [-0.3, -0.25) is 4.79 Å². The Morgan fingerprint density at radius 1 is 0.862 bits per heavy atom. The molecule has 3 atom stereocenters. The van der Waals surface area contributed by atoms with Crippen molar-refractivity contribution >= 4 is 17.0 Å². The van der Waals surface area contributed by atoms with Crippen LogP contribution in [0.4, 0.5) is 0 Å². The molecule has 146 valence electrons. The van der Waals surface area contributed by atoms with Crippen LogP contribution in [0.15, 0.2) is 57.8 Å². The van der Waals surface area contributed by atoms with E-state index >= 15 is 0 Å². The third kappa shape index (κ3) is 2.65. The van der Waals surface area contributed by atoms with Gasteiger partial charge in [0, 0.05) is 5.92 Å². The Kier molecular flexibility index (Phi) is 3.70. The van der Waals surface area contributed by atoms with Crippen molar-refractivity contribution in [2.75, 3.05) is 0 Å². The van der Waals surface area contributed by atoms with E-state index < -0.39 is 5.76 Å². The third-order valence-electron chi connectivity index (χ3n) is 7.10. The predicted molar refractivity (Wildman–Crippen MR) is 111 cm³/mol. The van der Waals surface area contributed by atoms with E-state index in [1.54, 1.807) is 0 Å². The second-order valence-corrected chi connectivity index (χ2v) is 8.81. The molecule has 4 nitrogen and oxygen atoms in total. The number of fused-ring (bicyclic) bond motifs is 2. The van der Waals surface area contributed by atoms with Gasteiger partial charge < -0.3 is 4.42 Å². The van der Waals surface area contributed by atoms with Crippen LogP contribution in [0.25, 0.3) is 11.1 Å². The lowest BCUT2D eigenvalue weighted by atomic mass is 9.92. The highest BCUT2D eigenvalue weighted by Crippen LogP contribution is 2.44. The quantitative estimate of drug-likeness (QED) is 0.586. The normalized spacial score (nSPS) is 24.9. The number of hydrogen-bond donors (Lipinski definition) is 0. The first-order chi connectivity index (χ1) is 14.2. The van der Waals surface area contributed by atoms with Crippen LogP contribution in [0, 0.1) is 17.8 Å².